The Kier molecular flexibility index (Phi) is 44.7. The Hall–Kier alpha value is -0.760. The van der Waals surface area contributed by atoms with Gasteiger partial charge in [0.2, 0.25) is 0 Å². The smallest absolute Gasteiger partial charge is 0.0781 e. The normalized spacial score (nSPS) is 19.9. The molecule has 19 heteroatoms. The maximum atomic E-state index is 9.35. The van der Waals surface area contributed by atoms with Crippen LogP contribution in [0.5, 0.6) is 0 Å². The van der Waals surface area contributed by atoms with Gasteiger partial charge in [0.05, 0.1) is 229 Å². The molecule has 18 atom stereocenters. The first-order valence-corrected chi connectivity index (χ1v) is 27.2. The maximum absolute atomic E-state index is 9.35. The molecule has 0 fully saturated rings. The summed E-state index contributed by atoms with van der Waals surface area (Å²) in [5, 5.41) is 18.4. The van der Waals surface area contributed by atoms with Crippen LogP contribution in [-0.4, -0.2) is 239 Å². The van der Waals surface area contributed by atoms with Crippen LogP contribution in [0.1, 0.15) is 125 Å². The van der Waals surface area contributed by atoms with E-state index in [0.29, 0.717) is 106 Å². The van der Waals surface area contributed by atoms with E-state index in [4.69, 9.17) is 85.6 Å². The second-order valence-corrected chi connectivity index (χ2v) is 20.5. The van der Waals surface area contributed by atoms with Crippen molar-refractivity contribution in [1.29, 1.82) is 0 Å². The molecule has 0 bridgehead atoms. The van der Waals surface area contributed by atoms with Gasteiger partial charge in [-0.15, -0.1) is 0 Å². The molecule has 0 aliphatic heterocycles. The molecular weight excluding hydrogens is 953 g/mol. The zero-order chi connectivity index (χ0) is 55.1. The fourth-order valence-corrected chi connectivity index (χ4v) is 5.92. The number of aliphatic hydroxyl groups is 2. The number of hydrogen-bond donors (Lipinski definition) is 2. The van der Waals surface area contributed by atoms with E-state index in [1.165, 1.54) is 0 Å². The monoisotopic (exact) mass is 1060 g/mol. The maximum Gasteiger partial charge on any atom is 0.0781 e. The van der Waals surface area contributed by atoms with Gasteiger partial charge < -0.3 is 90.7 Å². The quantitative estimate of drug-likeness (QED) is 0.0693. The zero-order valence-electron chi connectivity index (χ0n) is 49.0. The molecule has 0 spiro atoms. The Morgan fingerprint density at radius 3 is 0.370 bits per heavy atom. The molecule has 0 amide bonds. The molecule has 0 aliphatic carbocycles. The first kappa shape index (κ1) is 72.2. The Bertz CT molecular complexity index is 1210. The molecule has 440 valence electrons. The van der Waals surface area contributed by atoms with Gasteiger partial charge in [-0.3, -0.25) is 0 Å². The van der Waals surface area contributed by atoms with Gasteiger partial charge in [-0.2, -0.15) is 0 Å². The Labute approximate surface area is 443 Å². The van der Waals surface area contributed by atoms with Gasteiger partial charge in [-0.1, -0.05) is 0 Å². The van der Waals surface area contributed by atoms with Gasteiger partial charge in [-0.25, -0.2) is 0 Å². The highest BCUT2D eigenvalue weighted by Crippen LogP contribution is 2.09. The highest BCUT2D eigenvalue weighted by Gasteiger charge is 2.18. The largest absolute Gasteiger partial charge is 0.394 e. The van der Waals surface area contributed by atoms with E-state index in [1.54, 1.807) is 6.92 Å². The van der Waals surface area contributed by atoms with Gasteiger partial charge in [0.1, 0.15) is 0 Å². The van der Waals surface area contributed by atoms with Gasteiger partial charge >= 0.3 is 0 Å². The van der Waals surface area contributed by atoms with Crippen LogP contribution in [0.15, 0.2) is 0 Å². The SMILES string of the molecule is CC(O)COC(C)COC(C)COC(C)COC(C)COC(C)COC(C)COC(C)COC(C)COC(C)COC(C)COC(C)COC(C)COC(C)COC(C)COC(C)COC(C)COC(C)CO. The highest BCUT2D eigenvalue weighted by molar-refractivity contribution is 4.63. The Morgan fingerprint density at radius 2 is 0.274 bits per heavy atom. The first-order chi connectivity index (χ1) is 34.5. The number of aliphatic hydroxyl groups excluding tert-OH is 2. The van der Waals surface area contributed by atoms with Crippen LogP contribution < -0.4 is 0 Å². The predicted octanol–water partition coefficient (Wildman–Crippen LogP) is 6.25. The van der Waals surface area contributed by atoms with Crippen molar-refractivity contribution in [3.05, 3.63) is 0 Å². The summed E-state index contributed by atoms with van der Waals surface area (Å²) < 4.78 is 100. The summed E-state index contributed by atoms with van der Waals surface area (Å²) in [5.74, 6) is 0. The molecule has 19 nitrogen and oxygen atoms in total. The van der Waals surface area contributed by atoms with Crippen LogP contribution in [0.2, 0.25) is 0 Å². The third-order valence-electron chi connectivity index (χ3n) is 10.7. The van der Waals surface area contributed by atoms with Crippen LogP contribution in [0.4, 0.5) is 0 Å². The molecule has 2 N–H and O–H groups in total. The lowest BCUT2D eigenvalue weighted by Gasteiger charge is -2.24. The summed E-state index contributed by atoms with van der Waals surface area (Å²) in [4.78, 5) is 0. The topological polar surface area (TPSA) is 197 Å². The highest BCUT2D eigenvalue weighted by atomic mass is 16.6. The average Bonchev–Trinajstić information content (AvgIpc) is 3.36. The Balaban J connectivity index is 4.01. The number of hydrogen-bond acceptors (Lipinski definition) is 19. The van der Waals surface area contributed by atoms with Crippen LogP contribution in [0.3, 0.4) is 0 Å². The molecule has 0 rings (SSSR count). The fourth-order valence-electron chi connectivity index (χ4n) is 5.92. The van der Waals surface area contributed by atoms with Gasteiger partial charge in [0.15, 0.2) is 0 Å². The standard InChI is InChI=1S/C54H110O19/c1-37(56)20-57-39(3)22-59-41(5)24-61-43(7)26-63-45(9)28-65-47(11)30-67-49(13)32-69-51(15)34-71-53(17)36-73-54(18)35-72-52(16)33-70-50(14)31-68-48(12)29-66-46(10)27-64-44(8)25-62-42(6)23-60-40(4)21-58-38(2)19-55/h37-56H,19-36H2,1-18H3. The van der Waals surface area contributed by atoms with Crippen molar-refractivity contribution in [2.24, 2.45) is 0 Å². The van der Waals surface area contributed by atoms with Crippen LogP contribution in [0.25, 0.3) is 0 Å². The van der Waals surface area contributed by atoms with Gasteiger partial charge in [0, 0.05) is 0 Å². The lowest BCUT2D eigenvalue weighted by Crippen LogP contribution is -2.31. The number of ether oxygens (including phenoxy) is 17. The Morgan fingerprint density at radius 1 is 0.178 bits per heavy atom. The minimum absolute atomic E-state index is 0.0121. The molecule has 0 radical (unpaired) electrons. The van der Waals surface area contributed by atoms with Gasteiger partial charge in [-0.05, 0) is 125 Å². The van der Waals surface area contributed by atoms with E-state index < -0.39 is 6.10 Å². The molecule has 18 unspecified atom stereocenters. The molecular formula is C54H110O19. The molecule has 0 aromatic heterocycles. The van der Waals surface area contributed by atoms with E-state index in [1.807, 2.05) is 118 Å². The van der Waals surface area contributed by atoms with Crippen molar-refractivity contribution < 1.29 is 90.7 Å². The molecule has 0 aromatic carbocycles. The van der Waals surface area contributed by atoms with Crippen molar-refractivity contribution in [3.8, 4) is 0 Å². The second-order valence-electron chi connectivity index (χ2n) is 20.5. The van der Waals surface area contributed by atoms with E-state index >= 15 is 0 Å². The van der Waals surface area contributed by atoms with E-state index in [2.05, 4.69) is 0 Å². The van der Waals surface area contributed by atoms with Crippen molar-refractivity contribution in [2.45, 2.75) is 234 Å². The van der Waals surface area contributed by atoms with E-state index in [9.17, 15) is 5.11 Å². The lowest BCUT2D eigenvalue weighted by molar-refractivity contribution is -0.116. The average molecular weight is 1060 g/mol. The molecule has 0 heterocycles. The molecule has 0 saturated carbocycles. The van der Waals surface area contributed by atoms with Crippen molar-refractivity contribution in [1.82, 2.24) is 0 Å². The minimum Gasteiger partial charge on any atom is -0.394 e. The summed E-state index contributed by atoms with van der Waals surface area (Å²) in [5.41, 5.74) is 0. The predicted molar refractivity (Wildman–Crippen MR) is 281 cm³/mol. The van der Waals surface area contributed by atoms with Crippen molar-refractivity contribution in [3.63, 3.8) is 0 Å². The zero-order valence-corrected chi connectivity index (χ0v) is 49.0. The van der Waals surface area contributed by atoms with E-state index in [-0.39, 0.29) is 117 Å². The minimum atomic E-state index is -0.496. The summed E-state index contributed by atoms with van der Waals surface area (Å²) >= 11 is 0. The van der Waals surface area contributed by atoms with Crippen molar-refractivity contribution in [2.75, 3.05) is 119 Å². The van der Waals surface area contributed by atoms with Crippen LogP contribution in [0, 0.1) is 0 Å². The summed E-state index contributed by atoms with van der Waals surface area (Å²) in [6.07, 6.45) is -2.34. The van der Waals surface area contributed by atoms with Crippen LogP contribution >= 0.6 is 0 Å². The molecule has 0 saturated heterocycles. The second kappa shape index (κ2) is 45.1. The third kappa shape index (κ3) is 45.9. The summed E-state index contributed by atoms with van der Waals surface area (Å²) in [6.45, 7) is 42.3. The number of rotatable bonds is 52. The van der Waals surface area contributed by atoms with E-state index in [0.717, 1.165) is 0 Å². The van der Waals surface area contributed by atoms with Gasteiger partial charge in [0.25, 0.3) is 0 Å². The van der Waals surface area contributed by atoms with Crippen LogP contribution in [-0.2, 0) is 80.5 Å². The molecule has 0 aromatic rings. The third-order valence-corrected chi connectivity index (χ3v) is 10.7. The van der Waals surface area contributed by atoms with Crippen molar-refractivity contribution >= 4 is 0 Å². The molecule has 0 aliphatic rings. The molecule has 73 heavy (non-hydrogen) atoms. The summed E-state index contributed by atoms with van der Waals surface area (Å²) in [7, 11) is 0. The lowest BCUT2D eigenvalue weighted by atomic mass is 10.3. The summed E-state index contributed by atoms with van der Waals surface area (Å²) in [6, 6.07) is 0. The first-order valence-electron chi connectivity index (χ1n) is 27.2. The fraction of sp³-hybridized carbons (Fsp3) is 1.00.